The molecule has 0 aliphatic heterocycles. The second kappa shape index (κ2) is 3.44. The van der Waals surface area contributed by atoms with E-state index in [9.17, 15) is 13.2 Å². The van der Waals surface area contributed by atoms with E-state index in [0.29, 0.717) is 9.99 Å². The number of hydrogen-bond donors (Lipinski definition) is 0. The Morgan fingerprint density at radius 3 is 2.53 bits per heavy atom. The molecule has 0 aliphatic rings. The van der Waals surface area contributed by atoms with Crippen LogP contribution in [0, 0.1) is 0 Å². The Labute approximate surface area is 91.3 Å². The van der Waals surface area contributed by atoms with E-state index in [1.807, 2.05) is 0 Å². The van der Waals surface area contributed by atoms with Crippen molar-refractivity contribution in [2.75, 3.05) is 0 Å². The first-order valence-corrected chi connectivity index (χ1v) is 4.75. The molecule has 0 fully saturated rings. The summed E-state index contributed by atoms with van der Waals surface area (Å²) in [6.45, 7) is 0. The Morgan fingerprint density at radius 2 is 1.87 bits per heavy atom. The summed E-state index contributed by atoms with van der Waals surface area (Å²) >= 11 is 3.14. The van der Waals surface area contributed by atoms with Gasteiger partial charge in [0, 0.05) is 5.39 Å². The van der Waals surface area contributed by atoms with Gasteiger partial charge in [0.2, 0.25) is 0 Å². The molecule has 15 heavy (non-hydrogen) atoms. The molecule has 0 spiro atoms. The number of halogens is 4. The van der Waals surface area contributed by atoms with Crippen LogP contribution in [-0.2, 0) is 6.18 Å². The molecule has 0 amide bonds. The number of fused-ring (bicyclic) bond motifs is 1. The quantitative estimate of drug-likeness (QED) is 0.689. The van der Waals surface area contributed by atoms with Gasteiger partial charge in [-0.25, -0.2) is 9.97 Å². The molecular weight excluding hydrogens is 273 g/mol. The van der Waals surface area contributed by atoms with E-state index >= 15 is 0 Å². The summed E-state index contributed by atoms with van der Waals surface area (Å²) in [6, 6.07) is 3.36. The van der Waals surface area contributed by atoms with Crippen LogP contribution in [0.15, 0.2) is 29.1 Å². The van der Waals surface area contributed by atoms with Gasteiger partial charge in [-0.2, -0.15) is 13.2 Å². The fourth-order valence-electron chi connectivity index (χ4n) is 1.20. The second-order valence-corrected chi connectivity index (χ2v) is 3.65. The number of rotatable bonds is 0. The first-order chi connectivity index (χ1) is 6.98. The lowest BCUT2D eigenvalue weighted by Crippen LogP contribution is -2.04. The van der Waals surface area contributed by atoms with Crippen molar-refractivity contribution in [2.24, 2.45) is 0 Å². The minimum Gasteiger partial charge on any atom is -0.236 e. The van der Waals surface area contributed by atoms with Gasteiger partial charge < -0.3 is 0 Å². The Hall–Kier alpha value is -1.17. The van der Waals surface area contributed by atoms with Crippen molar-refractivity contribution in [1.82, 2.24) is 9.97 Å². The highest BCUT2D eigenvalue weighted by Gasteiger charge is 2.30. The van der Waals surface area contributed by atoms with Gasteiger partial charge in [-0.3, -0.25) is 0 Å². The SMILES string of the molecule is FC(F)(F)c1ccc2c(Br)ncnc2c1. The van der Waals surface area contributed by atoms with Crippen molar-refractivity contribution >= 4 is 26.8 Å². The van der Waals surface area contributed by atoms with Gasteiger partial charge in [-0.15, -0.1) is 0 Å². The normalized spacial score (nSPS) is 12.0. The Morgan fingerprint density at radius 1 is 1.13 bits per heavy atom. The zero-order valence-electron chi connectivity index (χ0n) is 7.22. The van der Waals surface area contributed by atoms with Crippen LogP contribution >= 0.6 is 15.9 Å². The topological polar surface area (TPSA) is 25.8 Å². The summed E-state index contributed by atoms with van der Waals surface area (Å²) in [7, 11) is 0. The molecule has 0 unspecified atom stereocenters. The summed E-state index contributed by atoms with van der Waals surface area (Å²) < 4.78 is 37.6. The van der Waals surface area contributed by atoms with Crippen LogP contribution in [0.25, 0.3) is 10.9 Å². The van der Waals surface area contributed by atoms with Crippen LogP contribution in [0.3, 0.4) is 0 Å². The third-order valence-electron chi connectivity index (χ3n) is 1.92. The number of benzene rings is 1. The number of nitrogens with zero attached hydrogens (tertiary/aromatic N) is 2. The van der Waals surface area contributed by atoms with E-state index < -0.39 is 11.7 Å². The summed E-state index contributed by atoms with van der Waals surface area (Å²) in [6.07, 6.45) is -3.13. The van der Waals surface area contributed by atoms with Crippen molar-refractivity contribution in [1.29, 1.82) is 0 Å². The smallest absolute Gasteiger partial charge is 0.236 e. The van der Waals surface area contributed by atoms with Crippen LogP contribution in [0.1, 0.15) is 5.56 Å². The molecule has 0 saturated heterocycles. The van der Waals surface area contributed by atoms with Crippen molar-refractivity contribution in [3.8, 4) is 0 Å². The van der Waals surface area contributed by atoms with Crippen molar-refractivity contribution in [2.45, 2.75) is 6.18 Å². The maximum absolute atomic E-state index is 12.4. The van der Waals surface area contributed by atoms with E-state index in [2.05, 4.69) is 25.9 Å². The molecule has 1 aromatic heterocycles. The molecular formula is C9H4BrF3N2. The fraction of sp³-hybridized carbons (Fsp3) is 0.111. The highest BCUT2D eigenvalue weighted by Crippen LogP contribution is 2.31. The molecule has 2 aromatic rings. The summed E-state index contributed by atoms with van der Waals surface area (Å²) in [4.78, 5) is 7.60. The van der Waals surface area contributed by atoms with Gasteiger partial charge in [0.05, 0.1) is 11.1 Å². The molecule has 0 N–H and O–H groups in total. The van der Waals surface area contributed by atoms with Gasteiger partial charge in [-0.1, -0.05) is 0 Å². The molecule has 0 radical (unpaired) electrons. The number of hydrogen-bond acceptors (Lipinski definition) is 2. The predicted molar refractivity (Wildman–Crippen MR) is 52.2 cm³/mol. The lowest BCUT2D eigenvalue weighted by atomic mass is 10.1. The van der Waals surface area contributed by atoms with E-state index in [-0.39, 0.29) is 5.52 Å². The molecule has 6 heteroatoms. The first kappa shape index (κ1) is 10.4. The van der Waals surface area contributed by atoms with Gasteiger partial charge in [-0.05, 0) is 34.1 Å². The molecule has 1 heterocycles. The lowest BCUT2D eigenvalue weighted by molar-refractivity contribution is -0.137. The van der Waals surface area contributed by atoms with Crippen LogP contribution in [0.4, 0.5) is 13.2 Å². The highest BCUT2D eigenvalue weighted by atomic mass is 79.9. The van der Waals surface area contributed by atoms with Crippen molar-refractivity contribution in [3.63, 3.8) is 0 Å². The van der Waals surface area contributed by atoms with E-state index in [0.717, 1.165) is 12.1 Å². The maximum atomic E-state index is 12.4. The summed E-state index contributed by atoms with van der Waals surface area (Å²) in [5, 5.41) is 0.561. The fourth-order valence-corrected chi connectivity index (χ4v) is 1.63. The predicted octanol–water partition coefficient (Wildman–Crippen LogP) is 3.41. The Bertz CT molecular complexity index is 510. The standard InChI is InChI=1S/C9H4BrF3N2/c10-8-6-2-1-5(9(11,12)13)3-7(6)14-4-15-8/h1-4H. The zero-order chi connectivity index (χ0) is 11.1. The second-order valence-electron chi connectivity index (χ2n) is 2.89. The van der Waals surface area contributed by atoms with Crippen LogP contribution in [0.5, 0.6) is 0 Å². The molecule has 0 bridgehead atoms. The Balaban J connectivity index is 2.68. The van der Waals surface area contributed by atoms with Crippen LogP contribution in [-0.4, -0.2) is 9.97 Å². The minimum absolute atomic E-state index is 0.270. The van der Waals surface area contributed by atoms with Crippen LogP contribution < -0.4 is 0 Å². The average molecular weight is 277 g/mol. The number of alkyl halides is 3. The third-order valence-corrected chi connectivity index (χ3v) is 2.55. The molecule has 2 nitrogen and oxygen atoms in total. The van der Waals surface area contributed by atoms with E-state index in [1.165, 1.54) is 12.4 Å². The van der Waals surface area contributed by atoms with Gasteiger partial charge in [0.25, 0.3) is 0 Å². The van der Waals surface area contributed by atoms with Gasteiger partial charge in [0.15, 0.2) is 0 Å². The third kappa shape index (κ3) is 1.94. The summed E-state index contributed by atoms with van der Waals surface area (Å²) in [5.41, 5.74) is -0.438. The Kier molecular flexibility index (Phi) is 2.38. The molecule has 0 aliphatic carbocycles. The lowest BCUT2D eigenvalue weighted by Gasteiger charge is -2.07. The molecule has 2 rings (SSSR count). The minimum atomic E-state index is -4.34. The maximum Gasteiger partial charge on any atom is 0.416 e. The van der Waals surface area contributed by atoms with Gasteiger partial charge in [0.1, 0.15) is 10.9 Å². The first-order valence-electron chi connectivity index (χ1n) is 3.96. The molecule has 78 valence electrons. The average Bonchev–Trinajstić information content (AvgIpc) is 2.16. The molecule has 1 aromatic carbocycles. The largest absolute Gasteiger partial charge is 0.416 e. The summed E-state index contributed by atoms with van der Waals surface area (Å²) in [5.74, 6) is 0. The highest BCUT2D eigenvalue weighted by molar-refractivity contribution is 9.10. The monoisotopic (exact) mass is 276 g/mol. The zero-order valence-corrected chi connectivity index (χ0v) is 8.80. The van der Waals surface area contributed by atoms with Crippen molar-refractivity contribution in [3.05, 3.63) is 34.7 Å². The number of aromatic nitrogens is 2. The van der Waals surface area contributed by atoms with Crippen molar-refractivity contribution < 1.29 is 13.2 Å². The van der Waals surface area contributed by atoms with Crippen LogP contribution in [0.2, 0.25) is 0 Å². The van der Waals surface area contributed by atoms with Gasteiger partial charge >= 0.3 is 6.18 Å². The van der Waals surface area contributed by atoms with E-state index in [1.54, 1.807) is 0 Å². The van der Waals surface area contributed by atoms with E-state index in [4.69, 9.17) is 0 Å². The molecule has 0 saturated carbocycles. The molecule has 0 atom stereocenters.